The van der Waals surface area contributed by atoms with Crippen molar-refractivity contribution in [2.75, 3.05) is 13.1 Å². The lowest BCUT2D eigenvalue weighted by atomic mass is 10.1. The molecule has 22 heavy (non-hydrogen) atoms. The largest absolute Gasteiger partial charge is 0.481 e. The summed E-state index contributed by atoms with van der Waals surface area (Å²) in [6.07, 6.45) is 3.50. The smallest absolute Gasteiger partial charge is 0.263 e. The summed E-state index contributed by atoms with van der Waals surface area (Å²) in [5.41, 5.74) is 8.01. The summed E-state index contributed by atoms with van der Waals surface area (Å²) in [5, 5.41) is 0. The van der Waals surface area contributed by atoms with E-state index < -0.39 is 6.10 Å². The number of nitrogens with two attached hydrogens (primary N) is 1. The first-order chi connectivity index (χ1) is 10.5. The molecule has 0 bridgehead atoms. The van der Waals surface area contributed by atoms with Gasteiger partial charge in [0.25, 0.3) is 5.91 Å². The number of rotatable bonds is 4. The second-order valence-electron chi connectivity index (χ2n) is 6.22. The zero-order valence-corrected chi connectivity index (χ0v) is 12.9. The zero-order valence-electron chi connectivity index (χ0n) is 12.9. The van der Waals surface area contributed by atoms with Crippen LogP contribution in [0, 0.1) is 5.92 Å². The molecule has 1 saturated heterocycles. The Labute approximate surface area is 130 Å². The van der Waals surface area contributed by atoms with Gasteiger partial charge >= 0.3 is 0 Å². The summed E-state index contributed by atoms with van der Waals surface area (Å²) in [5.74, 6) is 0.107. The summed E-state index contributed by atoms with van der Waals surface area (Å²) < 4.78 is 5.80. The average molecular weight is 302 g/mol. The van der Waals surface area contributed by atoms with Crippen LogP contribution >= 0.6 is 0 Å². The van der Waals surface area contributed by atoms with E-state index in [1.807, 2.05) is 12.1 Å². The number of fused-ring (bicyclic) bond motifs is 1. The Kier molecular flexibility index (Phi) is 4.05. The lowest BCUT2D eigenvalue weighted by Gasteiger charge is -2.22. The first-order valence-corrected chi connectivity index (χ1v) is 7.91. The maximum Gasteiger partial charge on any atom is 0.263 e. The molecule has 1 aliphatic heterocycles. The third kappa shape index (κ3) is 2.93. The summed E-state index contributed by atoms with van der Waals surface area (Å²) >= 11 is 0. The Bertz CT molecular complexity index is 600. The molecule has 2 atom stereocenters. The van der Waals surface area contributed by atoms with Crippen molar-refractivity contribution < 1.29 is 14.3 Å². The van der Waals surface area contributed by atoms with Gasteiger partial charge in [0.1, 0.15) is 5.75 Å². The molecule has 1 aliphatic carbocycles. The van der Waals surface area contributed by atoms with Crippen molar-refractivity contribution in [1.82, 2.24) is 4.90 Å². The Balaban J connectivity index is 1.61. The van der Waals surface area contributed by atoms with Crippen LogP contribution in [0.15, 0.2) is 18.2 Å². The van der Waals surface area contributed by atoms with Crippen LogP contribution in [0.4, 0.5) is 0 Å². The van der Waals surface area contributed by atoms with Crippen LogP contribution in [0.1, 0.15) is 30.9 Å². The molecular weight excluding hydrogens is 280 g/mol. The van der Waals surface area contributed by atoms with E-state index in [4.69, 9.17) is 10.5 Å². The summed E-state index contributed by atoms with van der Waals surface area (Å²) in [4.78, 5) is 25.3. The van der Waals surface area contributed by atoms with Crippen LogP contribution in [0.25, 0.3) is 0 Å². The fourth-order valence-electron chi connectivity index (χ4n) is 3.33. The van der Waals surface area contributed by atoms with Crippen LogP contribution in [-0.2, 0) is 22.4 Å². The Morgan fingerprint density at radius 3 is 2.82 bits per heavy atom. The normalized spacial score (nSPS) is 21.5. The molecular formula is C17H22N2O3. The molecule has 118 valence electrons. The molecule has 2 N–H and O–H groups in total. The van der Waals surface area contributed by atoms with E-state index in [0.717, 1.165) is 18.6 Å². The lowest BCUT2D eigenvalue weighted by Crippen LogP contribution is -2.40. The molecule has 1 heterocycles. The molecule has 5 heteroatoms. The zero-order chi connectivity index (χ0) is 15.7. The molecule has 3 rings (SSSR count). The molecule has 2 amide bonds. The number of nitrogens with zero attached hydrogens (tertiary/aromatic N) is 1. The van der Waals surface area contributed by atoms with Gasteiger partial charge in [-0.05, 0) is 55.9 Å². The second kappa shape index (κ2) is 5.99. The summed E-state index contributed by atoms with van der Waals surface area (Å²) in [7, 11) is 0. The van der Waals surface area contributed by atoms with E-state index in [-0.39, 0.29) is 17.7 Å². The third-order valence-electron chi connectivity index (χ3n) is 4.63. The maximum atomic E-state index is 12.4. The van der Waals surface area contributed by atoms with E-state index in [2.05, 4.69) is 6.07 Å². The van der Waals surface area contributed by atoms with Crippen molar-refractivity contribution in [2.45, 2.75) is 38.7 Å². The van der Waals surface area contributed by atoms with E-state index in [1.54, 1.807) is 11.8 Å². The Hall–Kier alpha value is -2.04. The van der Waals surface area contributed by atoms with Gasteiger partial charge in [-0.15, -0.1) is 0 Å². The standard InChI is InChI=1S/C17H22N2O3/c1-11(17(21)19-8-7-14(10-19)16(18)20)22-15-6-5-12-3-2-4-13(12)9-15/h5-6,9,11,14H,2-4,7-8,10H2,1H3,(H2,18,20)/t11-,14+/m0/s1. The molecule has 1 aromatic carbocycles. The monoisotopic (exact) mass is 302 g/mol. The van der Waals surface area contributed by atoms with E-state index in [9.17, 15) is 9.59 Å². The van der Waals surface area contributed by atoms with Crippen molar-refractivity contribution in [3.63, 3.8) is 0 Å². The van der Waals surface area contributed by atoms with Gasteiger partial charge in [0, 0.05) is 13.1 Å². The van der Waals surface area contributed by atoms with E-state index in [1.165, 1.54) is 17.5 Å². The molecule has 0 radical (unpaired) electrons. The highest BCUT2D eigenvalue weighted by Gasteiger charge is 2.32. The average Bonchev–Trinajstić information content (AvgIpc) is 3.15. The topological polar surface area (TPSA) is 72.6 Å². The maximum absolute atomic E-state index is 12.4. The van der Waals surface area contributed by atoms with Crippen molar-refractivity contribution in [1.29, 1.82) is 0 Å². The van der Waals surface area contributed by atoms with Gasteiger partial charge in [-0.25, -0.2) is 0 Å². The minimum Gasteiger partial charge on any atom is -0.481 e. The van der Waals surface area contributed by atoms with Gasteiger partial charge in [-0.2, -0.15) is 0 Å². The van der Waals surface area contributed by atoms with Crippen LogP contribution in [0.3, 0.4) is 0 Å². The van der Waals surface area contributed by atoms with Gasteiger partial charge in [-0.1, -0.05) is 6.07 Å². The van der Waals surface area contributed by atoms with Gasteiger partial charge in [0.15, 0.2) is 6.10 Å². The Morgan fingerprint density at radius 1 is 1.32 bits per heavy atom. The van der Waals surface area contributed by atoms with Crippen molar-refractivity contribution in [2.24, 2.45) is 11.7 Å². The van der Waals surface area contributed by atoms with Crippen LogP contribution in [0.2, 0.25) is 0 Å². The number of likely N-dealkylation sites (tertiary alicyclic amines) is 1. The molecule has 0 unspecified atom stereocenters. The molecule has 0 saturated carbocycles. The fraction of sp³-hybridized carbons (Fsp3) is 0.529. The first kappa shape index (κ1) is 14.9. The second-order valence-corrected chi connectivity index (χ2v) is 6.22. The van der Waals surface area contributed by atoms with Gasteiger partial charge in [0.2, 0.25) is 5.91 Å². The predicted octanol–water partition coefficient (Wildman–Crippen LogP) is 1.28. The number of aryl methyl sites for hydroxylation is 2. The van der Waals surface area contributed by atoms with Crippen LogP contribution < -0.4 is 10.5 Å². The van der Waals surface area contributed by atoms with Crippen LogP contribution in [-0.4, -0.2) is 35.9 Å². The quantitative estimate of drug-likeness (QED) is 0.910. The summed E-state index contributed by atoms with van der Waals surface area (Å²) in [6.45, 7) is 2.74. The summed E-state index contributed by atoms with van der Waals surface area (Å²) in [6, 6.07) is 6.07. The number of primary amides is 1. The van der Waals surface area contributed by atoms with Gasteiger partial charge in [-0.3, -0.25) is 9.59 Å². The number of hydrogen-bond acceptors (Lipinski definition) is 3. The van der Waals surface area contributed by atoms with E-state index in [0.29, 0.717) is 19.5 Å². The van der Waals surface area contributed by atoms with Gasteiger partial charge < -0.3 is 15.4 Å². The highest BCUT2D eigenvalue weighted by Crippen LogP contribution is 2.27. The Morgan fingerprint density at radius 2 is 2.09 bits per heavy atom. The van der Waals surface area contributed by atoms with Crippen molar-refractivity contribution >= 4 is 11.8 Å². The number of amides is 2. The first-order valence-electron chi connectivity index (χ1n) is 7.91. The van der Waals surface area contributed by atoms with Crippen molar-refractivity contribution in [3.8, 4) is 5.75 Å². The molecule has 1 fully saturated rings. The molecule has 0 spiro atoms. The van der Waals surface area contributed by atoms with E-state index >= 15 is 0 Å². The molecule has 5 nitrogen and oxygen atoms in total. The van der Waals surface area contributed by atoms with Crippen LogP contribution in [0.5, 0.6) is 5.75 Å². The molecule has 0 aromatic heterocycles. The number of ether oxygens (including phenoxy) is 1. The number of carbonyl (C=O) groups is 2. The number of benzene rings is 1. The fourth-order valence-corrected chi connectivity index (χ4v) is 3.33. The minimum atomic E-state index is -0.550. The highest BCUT2D eigenvalue weighted by molar-refractivity contribution is 5.83. The van der Waals surface area contributed by atoms with Crippen molar-refractivity contribution in [3.05, 3.63) is 29.3 Å². The minimum absolute atomic E-state index is 0.0794. The lowest BCUT2D eigenvalue weighted by molar-refractivity contribution is -0.137. The predicted molar refractivity (Wildman–Crippen MR) is 82.4 cm³/mol. The number of carbonyl (C=O) groups excluding carboxylic acids is 2. The highest BCUT2D eigenvalue weighted by atomic mass is 16.5. The third-order valence-corrected chi connectivity index (χ3v) is 4.63. The SMILES string of the molecule is C[C@H](Oc1ccc2c(c1)CCC2)C(=O)N1CC[C@@H](C(N)=O)C1. The molecule has 2 aliphatic rings. The van der Waals surface area contributed by atoms with Gasteiger partial charge in [0.05, 0.1) is 5.92 Å². The number of hydrogen-bond donors (Lipinski definition) is 1. The molecule has 1 aromatic rings.